The van der Waals surface area contributed by atoms with E-state index in [9.17, 15) is 0 Å². The Kier molecular flexibility index (Phi) is 6.53. The lowest BCUT2D eigenvalue weighted by Crippen LogP contribution is -2.25. The second-order valence-electron chi connectivity index (χ2n) is 16.8. The monoisotopic (exact) mass is 754 g/mol. The van der Waals surface area contributed by atoms with E-state index >= 15 is 0 Å². The van der Waals surface area contributed by atoms with Gasteiger partial charge in [-0.05, 0) is 92.3 Å². The Balaban J connectivity index is 1.08. The maximum atomic E-state index is 5.72. The number of nitrogens with zero attached hydrogens (tertiary/aromatic N) is 3. The topological polar surface area (TPSA) is 34.2 Å². The molecule has 0 saturated carbocycles. The summed E-state index contributed by atoms with van der Waals surface area (Å²) in [6.45, 7) is 4.68. The van der Waals surface area contributed by atoms with Gasteiger partial charge in [0.05, 0.1) is 27.8 Å². The fraction of sp³-hybridized carbons (Fsp3) is 0.0727. The van der Waals surface area contributed by atoms with Crippen molar-refractivity contribution in [2.24, 2.45) is 4.99 Å². The van der Waals surface area contributed by atoms with Crippen LogP contribution in [-0.2, 0) is 5.41 Å². The summed E-state index contributed by atoms with van der Waals surface area (Å²) >= 11 is 0. The van der Waals surface area contributed by atoms with E-state index in [4.69, 9.17) is 4.99 Å². The maximum Gasteiger partial charge on any atom is 0.201 e. The standard InChI is InChI=1S/C55H38N4/c1-55(2)45-20-10-7-17-39(45)43-30-36(23-27-46(43)55)53-41-19-8-11-21-47(41)56-54(57-53)59-49-28-24-33-13-5-6-16-38(33)52(49)42-26-25-37(32-51(42)59)58-48-22-12-9-18-40(48)44-29-34-14-3-4-15-35(34)31-50(44)58/h3-32,54,56H,1-2H3. The first-order valence-corrected chi connectivity index (χ1v) is 20.6. The zero-order valence-corrected chi connectivity index (χ0v) is 32.7. The molecule has 4 nitrogen and oxygen atoms in total. The minimum atomic E-state index is -0.407. The van der Waals surface area contributed by atoms with Crippen molar-refractivity contribution in [2.45, 2.75) is 25.6 Å². The normalized spacial score (nSPS) is 15.5. The van der Waals surface area contributed by atoms with E-state index in [1.165, 1.54) is 76.4 Å². The van der Waals surface area contributed by atoms with Crippen molar-refractivity contribution in [1.82, 2.24) is 9.13 Å². The number of aliphatic imine (C=N–C) groups is 1. The van der Waals surface area contributed by atoms with Gasteiger partial charge in [-0.1, -0.05) is 147 Å². The first-order valence-electron chi connectivity index (χ1n) is 20.6. The molecule has 59 heavy (non-hydrogen) atoms. The summed E-state index contributed by atoms with van der Waals surface area (Å²) in [6, 6.07) is 67.0. The van der Waals surface area contributed by atoms with Gasteiger partial charge in [0.15, 0.2) is 0 Å². The molecule has 1 N–H and O–H groups in total. The molecular formula is C55H38N4. The highest BCUT2D eigenvalue weighted by Crippen LogP contribution is 2.49. The SMILES string of the molecule is CC1(C)c2ccccc2-c2cc(C3=NC(n4c5cc(-n6c7ccccc7c7cc8ccccc8cc76)ccc5c5c6ccccc6ccc54)Nc4ccccc43)ccc21. The van der Waals surface area contributed by atoms with Crippen LogP contribution in [0, 0.1) is 0 Å². The van der Waals surface area contributed by atoms with Crippen molar-refractivity contribution in [3.63, 3.8) is 0 Å². The van der Waals surface area contributed by atoms with Crippen LogP contribution in [0.25, 0.3) is 82.0 Å². The fourth-order valence-corrected chi connectivity index (χ4v) is 10.5. The summed E-state index contributed by atoms with van der Waals surface area (Å²) < 4.78 is 4.88. The largest absolute Gasteiger partial charge is 0.346 e. The van der Waals surface area contributed by atoms with E-state index in [0.717, 1.165) is 39.2 Å². The molecular weight excluding hydrogens is 717 g/mol. The van der Waals surface area contributed by atoms with Crippen LogP contribution in [0.4, 0.5) is 5.69 Å². The molecule has 1 aliphatic heterocycles. The third-order valence-electron chi connectivity index (χ3n) is 13.3. The van der Waals surface area contributed by atoms with Gasteiger partial charge in [0.2, 0.25) is 6.29 Å². The van der Waals surface area contributed by atoms with Crippen LogP contribution in [0.1, 0.15) is 42.4 Å². The van der Waals surface area contributed by atoms with Gasteiger partial charge in [0, 0.05) is 49.5 Å². The van der Waals surface area contributed by atoms with Crippen molar-refractivity contribution >= 4 is 76.6 Å². The molecule has 0 fully saturated rings. The average molecular weight is 755 g/mol. The van der Waals surface area contributed by atoms with Crippen molar-refractivity contribution in [3.8, 4) is 16.8 Å². The Labute approximate surface area is 341 Å². The molecule has 4 heteroatoms. The van der Waals surface area contributed by atoms with Crippen LogP contribution in [-0.4, -0.2) is 14.8 Å². The summed E-state index contributed by atoms with van der Waals surface area (Å²) in [7, 11) is 0. The molecule has 0 radical (unpaired) electrons. The van der Waals surface area contributed by atoms with Gasteiger partial charge in [-0.3, -0.25) is 0 Å². The maximum absolute atomic E-state index is 5.72. The Hall–Kier alpha value is -7.43. The zero-order chi connectivity index (χ0) is 39.0. The number of aromatic nitrogens is 2. The van der Waals surface area contributed by atoms with Crippen LogP contribution in [0.15, 0.2) is 187 Å². The number of hydrogen-bond acceptors (Lipinski definition) is 2. The molecule has 3 heterocycles. The predicted octanol–water partition coefficient (Wildman–Crippen LogP) is 13.9. The average Bonchev–Trinajstić information content (AvgIpc) is 3.87. The van der Waals surface area contributed by atoms with Gasteiger partial charge in [-0.15, -0.1) is 0 Å². The molecule has 2 aromatic heterocycles. The number of fused-ring (bicyclic) bond motifs is 13. The Bertz CT molecular complexity index is 3630. The van der Waals surface area contributed by atoms with E-state index in [1.807, 2.05) is 0 Å². The highest BCUT2D eigenvalue weighted by atomic mass is 15.3. The highest BCUT2D eigenvalue weighted by Gasteiger charge is 2.36. The van der Waals surface area contributed by atoms with E-state index < -0.39 is 6.29 Å². The van der Waals surface area contributed by atoms with Gasteiger partial charge in [0.25, 0.3) is 0 Å². The number of nitrogens with one attached hydrogen (secondary N) is 1. The minimum Gasteiger partial charge on any atom is -0.346 e. The molecule has 2 aliphatic rings. The van der Waals surface area contributed by atoms with E-state index in [1.54, 1.807) is 0 Å². The molecule has 9 aromatic carbocycles. The van der Waals surface area contributed by atoms with Crippen molar-refractivity contribution in [1.29, 1.82) is 0 Å². The number of para-hydroxylation sites is 2. The van der Waals surface area contributed by atoms with E-state index in [2.05, 4.69) is 210 Å². The summed E-state index contributed by atoms with van der Waals surface area (Å²) in [6.07, 6.45) is -0.407. The molecule has 1 atom stereocenters. The Morgan fingerprint density at radius 1 is 0.475 bits per heavy atom. The molecule has 0 saturated heterocycles. The summed E-state index contributed by atoms with van der Waals surface area (Å²) in [5.74, 6) is 0. The molecule has 1 aliphatic carbocycles. The molecule has 1 unspecified atom stereocenters. The number of hydrogen-bond donors (Lipinski definition) is 1. The Morgan fingerprint density at radius 3 is 2.07 bits per heavy atom. The Morgan fingerprint density at radius 2 is 1.19 bits per heavy atom. The van der Waals surface area contributed by atoms with Crippen molar-refractivity contribution in [2.75, 3.05) is 5.32 Å². The number of rotatable bonds is 3. The van der Waals surface area contributed by atoms with Crippen molar-refractivity contribution < 1.29 is 0 Å². The molecule has 0 spiro atoms. The van der Waals surface area contributed by atoms with Gasteiger partial charge >= 0.3 is 0 Å². The molecule has 0 bridgehead atoms. The first-order chi connectivity index (χ1) is 29.0. The van der Waals surface area contributed by atoms with Crippen LogP contribution in [0.3, 0.4) is 0 Å². The lowest BCUT2D eigenvalue weighted by Gasteiger charge is -2.28. The van der Waals surface area contributed by atoms with Gasteiger partial charge < -0.3 is 14.5 Å². The van der Waals surface area contributed by atoms with Crippen molar-refractivity contribution in [3.05, 3.63) is 204 Å². The summed E-state index contributed by atoms with van der Waals surface area (Å²) in [5, 5.41) is 13.8. The molecule has 0 amide bonds. The lowest BCUT2D eigenvalue weighted by molar-refractivity contribution is 0.624. The second-order valence-corrected chi connectivity index (χ2v) is 16.8. The summed E-state index contributed by atoms with van der Waals surface area (Å²) in [5.41, 5.74) is 15.4. The van der Waals surface area contributed by atoms with E-state index in [0.29, 0.717) is 0 Å². The number of benzene rings is 9. The van der Waals surface area contributed by atoms with E-state index in [-0.39, 0.29) is 5.41 Å². The van der Waals surface area contributed by atoms with Crippen LogP contribution in [0.5, 0.6) is 0 Å². The second kappa shape index (κ2) is 11.8. The van der Waals surface area contributed by atoms with Gasteiger partial charge in [-0.25, -0.2) is 4.99 Å². The fourth-order valence-electron chi connectivity index (χ4n) is 10.5. The minimum absolute atomic E-state index is 0.0618. The third kappa shape index (κ3) is 4.51. The quantitative estimate of drug-likeness (QED) is 0.191. The predicted molar refractivity (Wildman–Crippen MR) is 248 cm³/mol. The molecule has 13 rings (SSSR count). The zero-order valence-electron chi connectivity index (χ0n) is 32.7. The lowest BCUT2D eigenvalue weighted by atomic mass is 9.82. The van der Waals surface area contributed by atoms with Crippen LogP contribution >= 0.6 is 0 Å². The van der Waals surface area contributed by atoms with Crippen LogP contribution < -0.4 is 5.32 Å². The smallest absolute Gasteiger partial charge is 0.201 e. The van der Waals surface area contributed by atoms with Gasteiger partial charge in [-0.2, -0.15) is 0 Å². The molecule has 11 aromatic rings. The molecule has 278 valence electrons. The third-order valence-corrected chi connectivity index (χ3v) is 13.3. The first kappa shape index (κ1) is 32.6. The summed E-state index contributed by atoms with van der Waals surface area (Å²) in [4.78, 5) is 5.72. The van der Waals surface area contributed by atoms with Gasteiger partial charge in [0.1, 0.15) is 0 Å². The number of anilines is 1. The van der Waals surface area contributed by atoms with Crippen LogP contribution in [0.2, 0.25) is 0 Å². The highest BCUT2D eigenvalue weighted by molar-refractivity contribution is 6.22.